The summed E-state index contributed by atoms with van der Waals surface area (Å²) in [4.78, 5) is 80.0. The van der Waals surface area contributed by atoms with E-state index in [0.717, 1.165) is 22.6 Å². The summed E-state index contributed by atoms with van der Waals surface area (Å²) < 4.78 is 33.5. The Morgan fingerprint density at radius 1 is 1.04 bits per heavy atom. The van der Waals surface area contributed by atoms with E-state index in [-0.39, 0.29) is 55.6 Å². The molecule has 4 fully saturated rings. The van der Waals surface area contributed by atoms with Crippen LogP contribution in [0.5, 0.6) is 0 Å². The number of aromatic nitrogens is 1. The molecule has 2 aromatic rings. The number of allylic oxidation sites excluding steroid dienone is 1. The maximum atomic E-state index is 14.7. The number of hydrogen-bond acceptors (Lipinski definition) is 10. The lowest BCUT2D eigenvalue weighted by atomic mass is 9.93. The van der Waals surface area contributed by atoms with Gasteiger partial charge in [-0.2, -0.15) is 0 Å². The van der Waals surface area contributed by atoms with Crippen molar-refractivity contribution in [2.24, 2.45) is 23.2 Å². The summed E-state index contributed by atoms with van der Waals surface area (Å²) in [7, 11) is -3.91. The average molecular weight is 809 g/mol. The average Bonchev–Trinajstić information content (AvgIpc) is 3.99. The number of rotatable bonds is 7. The molecule has 0 radical (unpaired) electrons. The van der Waals surface area contributed by atoms with Gasteiger partial charge < -0.3 is 25.2 Å². The van der Waals surface area contributed by atoms with Crippen molar-refractivity contribution in [3.05, 3.63) is 53.1 Å². The quantitative estimate of drug-likeness (QED) is 0.346. The zero-order valence-corrected chi connectivity index (χ0v) is 34.0. The van der Waals surface area contributed by atoms with Crippen molar-refractivity contribution in [2.75, 3.05) is 26.2 Å². The molecule has 7 rings (SSSR count). The SMILES string of the molecule is Cc1ccc(-c2cccc(C(=O)N3C[C@H]4CN5C(=O)[C@@H](NC(=O)OCC(C)(C)C)CCCCC/C=C\[C@H]6C[C@@]6(C(=O)NS(=O)(=O)C6CC6)NC(=O)[C@@H]5[C@H]4C3)n2)s1. The van der Waals surface area contributed by atoms with Gasteiger partial charge in [0.15, 0.2) is 0 Å². The molecule has 16 heteroatoms. The summed E-state index contributed by atoms with van der Waals surface area (Å²) >= 11 is 1.58. The van der Waals surface area contributed by atoms with E-state index < -0.39 is 68.5 Å². The highest BCUT2D eigenvalue weighted by molar-refractivity contribution is 7.91. The second-order valence-corrected chi connectivity index (χ2v) is 20.5. The molecule has 0 unspecified atom stereocenters. The van der Waals surface area contributed by atoms with E-state index in [1.165, 1.54) is 4.90 Å². The summed E-state index contributed by atoms with van der Waals surface area (Å²) in [5.41, 5.74) is -0.858. The molecule has 0 spiro atoms. The molecular weight excluding hydrogens is 757 g/mol. The largest absolute Gasteiger partial charge is 0.449 e. The lowest BCUT2D eigenvalue weighted by Gasteiger charge is -2.33. The van der Waals surface area contributed by atoms with E-state index in [1.807, 2.05) is 58.0 Å². The maximum Gasteiger partial charge on any atom is 0.407 e. The Morgan fingerprint density at radius 2 is 1.82 bits per heavy atom. The van der Waals surface area contributed by atoms with Crippen LogP contribution in [0.4, 0.5) is 4.79 Å². The Balaban J connectivity index is 1.17. The van der Waals surface area contributed by atoms with E-state index in [0.29, 0.717) is 37.8 Å². The molecule has 5 amide bonds. The van der Waals surface area contributed by atoms with Crippen molar-refractivity contribution in [3.63, 3.8) is 0 Å². The number of pyridine rings is 1. The number of amides is 5. The van der Waals surface area contributed by atoms with Gasteiger partial charge in [-0.05, 0) is 75.1 Å². The fourth-order valence-corrected chi connectivity index (χ4v) is 10.3. The first-order valence-electron chi connectivity index (χ1n) is 19.7. The first-order valence-corrected chi connectivity index (χ1v) is 22.0. The maximum absolute atomic E-state index is 14.7. The van der Waals surface area contributed by atoms with Crippen LogP contribution in [-0.4, -0.2) is 102 Å². The highest BCUT2D eigenvalue weighted by atomic mass is 32.2. The molecule has 56 heavy (non-hydrogen) atoms. The van der Waals surface area contributed by atoms with E-state index in [9.17, 15) is 32.4 Å². The topological polar surface area (TPSA) is 184 Å². The second-order valence-electron chi connectivity index (χ2n) is 17.2. The van der Waals surface area contributed by atoms with Gasteiger partial charge in [0.05, 0.1) is 22.4 Å². The van der Waals surface area contributed by atoms with E-state index in [2.05, 4.69) is 20.3 Å². The standard InChI is InChI=1S/C40H52N6O8S2/c1-24-15-18-32(55-24)29-13-10-14-30(41-29)35(48)45-20-25-21-46-33(28(25)22-45)34(47)43-40(37(50)44-56(52,53)27-16-17-27)19-26(40)11-8-6-5-7-9-12-31(36(46)49)42-38(51)54-23-39(2,3)4/h8,10-11,13-15,18,25-28,31,33H,5-7,9,12,16-17,19-23H2,1-4H3,(H,42,51)(H,43,47)(H,44,50)/b11-8-/t25-,26-,28-,31-,33-,40+/m0/s1. The van der Waals surface area contributed by atoms with Crippen molar-refractivity contribution < 1.29 is 37.1 Å². The number of nitrogens with zero attached hydrogens (tertiary/aromatic N) is 3. The fraction of sp³-hybridized carbons (Fsp3) is 0.600. The Bertz CT molecular complexity index is 2020. The Kier molecular flexibility index (Phi) is 11.1. The third-order valence-electron chi connectivity index (χ3n) is 11.4. The van der Waals surface area contributed by atoms with Crippen molar-refractivity contribution in [1.82, 2.24) is 30.1 Å². The second kappa shape index (κ2) is 15.6. The van der Waals surface area contributed by atoms with Crippen molar-refractivity contribution in [2.45, 2.75) is 102 Å². The zero-order valence-electron chi connectivity index (χ0n) is 32.4. The van der Waals surface area contributed by atoms with Gasteiger partial charge in [-0.1, -0.05) is 51.8 Å². The summed E-state index contributed by atoms with van der Waals surface area (Å²) in [5, 5.41) is 5.08. The Labute approximate surface area is 332 Å². The number of thiophene rings is 1. The Morgan fingerprint density at radius 3 is 2.54 bits per heavy atom. The molecule has 3 aliphatic heterocycles. The number of nitrogens with one attached hydrogen (secondary N) is 3. The smallest absolute Gasteiger partial charge is 0.407 e. The summed E-state index contributed by atoms with van der Waals surface area (Å²) in [6.45, 7) is 8.50. The van der Waals surface area contributed by atoms with Crippen LogP contribution in [0.2, 0.25) is 0 Å². The monoisotopic (exact) mass is 808 g/mol. The van der Waals surface area contributed by atoms with Crippen LogP contribution in [0.1, 0.15) is 87.5 Å². The van der Waals surface area contributed by atoms with Crippen LogP contribution in [-0.2, 0) is 29.1 Å². The number of carbonyl (C=O) groups is 5. The third kappa shape index (κ3) is 8.65. The molecule has 2 aliphatic carbocycles. The Hall–Kier alpha value is -4.31. The van der Waals surface area contributed by atoms with E-state index in [4.69, 9.17) is 4.74 Å². The lowest BCUT2D eigenvalue weighted by molar-refractivity contribution is -0.142. The first kappa shape index (κ1) is 39.9. The highest BCUT2D eigenvalue weighted by Gasteiger charge is 2.63. The number of likely N-dealkylation sites (tertiary alicyclic amines) is 1. The molecular formula is C40H52N6O8S2. The number of alkyl carbamates (subject to hydrolysis) is 1. The van der Waals surface area contributed by atoms with Crippen LogP contribution < -0.4 is 15.4 Å². The van der Waals surface area contributed by atoms with Crippen LogP contribution >= 0.6 is 11.3 Å². The van der Waals surface area contributed by atoms with Gasteiger partial charge in [-0.25, -0.2) is 18.2 Å². The van der Waals surface area contributed by atoms with Gasteiger partial charge in [0.25, 0.3) is 11.8 Å². The molecule has 0 aromatic carbocycles. The number of ether oxygens (including phenoxy) is 1. The summed E-state index contributed by atoms with van der Waals surface area (Å²) in [6.07, 6.45) is 7.46. The normalized spacial score (nSPS) is 28.8. The predicted octanol–water partition coefficient (Wildman–Crippen LogP) is 4.16. The third-order valence-corrected chi connectivity index (χ3v) is 14.2. The van der Waals surface area contributed by atoms with Gasteiger partial charge in [-0.3, -0.25) is 23.9 Å². The van der Waals surface area contributed by atoms with Crippen LogP contribution in [0, 0.1) is 30.1 Å². The van der Waals surface area contributed by atoms with Crippen LogP contribution in [0.15, 0.2) is 42.5 Å². The number of sulfonamides is 1. The van der Waals surface area contributed by atoms with Gasteiger partial charge in [0, 0.05) is 42.3 Å². The van der Waals surface area contributed by atoms with Crippen molar-refractivity contribution in [3.8, 4) is 10.6 Å². The van der Waals surface area contributed by atoms with Gasteiger partial charge in [-0.15, -0.1) is 11.3 Å². The number of aryl methyl sites for hydroxylation is 1. The van der Waals surface area contributed by atoms with E-state index in [1.54, 1.807) is 28.4 Å². The molecule has 3 N–H and O–H groups in total. The first-order chi connectivity index (χ1) is 26.5. The number of hydrogen-bond donors (Lipinski definition) is 3. The number of carbonyl (C=O) groups excluding carboxylic acids is 5. The summed E-state index contributed by atoms with van der Waals surface area (Å²) in [5.74, 6) is -3.36. The molecule has 6 atom stereocenters. The molecule has 0 bridgehead atoms. The predicted molar refractivity (Wildman–Crippen MR) is 210 cm³/mol. The van der Waals surface area contributed by atoms with Crippen LogP contribution in [0.25, 0.3) is 10.6 Å². The molecule has 302 valence electrons. The minimum absolute atomic E-state index is 0.140. The molecule has 2 saturated carbocycles. The van der Waals surface area contributed by atoms with Crippen LogP contribution in [0.3, 0.4) is 0 Å². The molecule has 2 saturated heterocycles. The molecule has 5 heterocycles. The molecule has 14 nitrogen and oxygen atoms in total. The minimum atomic E-state index is -3.91. The highest BCUT2D eigenvalue weighted by Crippen LogP contribution is 2.47. The van der Waals surface area contributed by atoms with Gasteiger partial charge in [0.1, 0.15) is 23.3 Å². The minimum Gasteiger partial charge on any atom is -0.449 e. The summed E-state index contributed by atoms with van der Waals surface area (Å²) in [6, 6.07) is 7.21. The van der Waals surface area contributed by atoms with Gasteiger partial charge in [0.2, 0.25) is 21.8 Å². The number of fused-ring (bicyclic) bond motifs is 4. The van der Waals surface area contributed by atoms with Gasteiger partial charge >= 0.3 is 6.09 Å². The lowest BCUT2D eigenvalue weighted by Crippen LogP contribution is -2.60. The molecule has 2 aromatic heterocycles. The fourth-order valence-electron chi connectivity index (χ4n) is 8.13. The van der Waals surface area contributed by atoms with Crippen molar-refractivity contribution in [1.29, 1.82) is 0 Å². The van der Waals surface area contributed by atoms with E-state index >= 15 is 0 Å². The molecule has 5 aliphatic rings. The zero-order chi connectivity index (χ0) is 40.0. The van der Waals surface area contributed by atoms with Crippen molar-refractivity contribution >= 4 is 51.1 Å².